The van der Waals surface area contributed by atoms with Crippen molar-refractivity contribution in [2.24, 2.45) is 0 Å². The maximum Gasteiger partial charge on any atom is 0.336 e. The molecule has 2 aromatic carbocycles. The lowest BCUT2D eigenvalue weighted by Crippen LogP contribution is -2.23. The molecule has 0 aliphatic rings. The summed E-state index contributed by atoms with van der Waals surface area (Å²) < 4.78 is 32.3. The molecular weight excluding hydrogens is 432 g/mol. The van der Waals surface area contributed by atoms with Gasteiger partial charge in [0.2, 0.25) is 11.7 Å². The normalized spacial score (nSPS) is 10.8. The smallest absolute Gasteiger partial charge is 0.336 e. The molecule has 0 aliphatic heterocycles. The summed E-state index contributed by atoms with van der Waals surface area (Å²) in [5.74, 6) is -3.42. The maximum atomic E-state index is 14.1. The predicted molar refractivity (Wildman–Crippen MR) is 109 cm³/mol. The molecule has 0 unspecified atom stereocenters. The van der Waals surface area contributed by atoms with E-state index in [1.165, 1.54) is 36.6 Å². The number of hydrogen-bond donors (Lipinski definition) is 0. The van der Waals surface area contributed by atoms with Gasteiger partial charge in [0.1, 0.15) is 11.6 Å². The van der Waals surface area contributed by atoms with Gasteiger partial charge >= 0.3 is 11.7 Å². The van der Waals surface area contributed by atoms with Crippen molar-refractivity contribution in [2.45, 2.75) is 6.92 Å². The summed E-state index contributed by atoms with van der Waals surface area (Å²) in [5, 5.41) is 12.6. The van der Waals surface area contributed by atoms with Crippen molar-refractivity contribution in [3.63, 3.8) is 0 Å². The Kier molecular flexibility index (Phi) is 6.46. The van der Waals surface area contributed by atoms with Gasteiger partial charge in [0.05, 0.1) is 16.3 Å². The molecule has 3 aromatic rings. The molecule has 0 atom stereocenters. The summed E-state index contributed by atoms with van der Waals surface area (Å²) in [5.41, 5.74) is -0.285. The number of carbonyl (C=O) groups excluding carboxylic acids is 2. The Labute approximate surface area is 178 Å². The van der Waals surface area contributed by atoms with Crippen LogP contribution >= 0.6 is 11.3 Å². The van der Waals surface area contributed by atoms with Gasteiger partial charge in [-0.2, -0.15) is 0 Å². The second-order valence-corrected chi connectivity index (χ2v) is 6.82. The number of anilines is 2. The van der Waals surface area contributed by atoms with Crippen LogP contribution < -0.4 is 9.64 Å². The number of ether oxygens (including phenoxy) is 1. The minimum atomic E-state index is -0.999. The van der Waals surface area contributed by atoms with E-state index in [2.05, 4.69) is 4.98 Å². The van der Waals surface area contributed by atoms with E-state index in [4.69, 9.17) is 4.74 Å². The Morgan fingerprint density at radius 1 is 1.23 bits per heavy atom. The van der Waals surface area contributed by atoms with Crippen molar-refractivity contribution in [2.75, 3.05) is 4.90 Å². The highest BCUT2D eigenvalue weighted by Crippen LogP contribution is 2.31. The topological polar surface area (TPSA) is 103 Å². The largest absolute Gasteiger partial charge is 0.416 e. The van der Waals surface area contributed by atoms with Crippen LogP contribution in [0.4, 0.5) is 25.3 Å². The molecule has 0 N–H and O–H groups in total. The van der Waals surface area contributed by atoms with E-state index in [0.717, 1.165) is 40.5 Å². The van der Waals surface area contributed by atoms with Gasteiger partial charge in [0, 0.05) is 30.5 Å². The van der Waals surface area contributed by atoms with Gasteiger partial charge in [-0.25, -0.2) is 18.6 Å². The number of rotatable bonds is 6. The minimum Gasteiger partial charge on any atom is -0.416 e. The van der Waals surface area contributed by atoms with E-state index >= 15 is 0 Å². The number of amides is 1. The lowest BCUT2D eigenvalue weighted by atomic mass is 10.3. The molecule has 31 heavy (non-hydrogen) atoms. The summed E-state index contributed by atoms with van der Waals surface area (Å²) >= 11 is 1.04. The first-order chi connectivity index (χ1) is 14.8. The number of thiazole rings is 1. The van der Waals surface area contributed by atoms with Crippen LogP contribution in [0.15, 0.2) is 53.9 Å². The molecule has 0 radical (unpaired) electrons. The van der Waals surface area contributed by atoms with E-state index in [9.17, 15) is 28.5 Å². The summed E-state index contributed by atoms with van der Waals surface area (Å²) in [6.45, 7) is 1.26. The summed E-state index contributed by atoms with van der Waals surface area (Å²) in [6.07, 6.45) is 2.18. The zero-order valence-electron chi connectivity index (χ0n) is 15.8. The van der Waals surface area contributed by atoms with Crippen LogP contribution in [0, 0.1) is 21.7 Å². The van der Waals surface area contributed by atoms with Gasteiger partial charge in [-0.15, -0.1) is 11.3 Å². The Bertz CT molecular complexity index is 1200. The summed E-state index contributed by atoms with van der Waals surface area (Å²) in [6, 6.07) is 8.18. The number of carbonyl (C=O) groups is 2. The van der Waals surface area contributed by atoms with Gasteiger partial charge in [0.15, 0.2) is 5.13 Å². The zero-order valence-corrected chi connectivity index (χ0v) is 16.6. The van der Waals surface area contributed by atoms with E-state index in [1.54, 1.807) is 6.07 Å². The third-order valence-electron chi connectivity index (χ3n) is 3.83. The van der Waals surface area contributed by atoms with Gasteiger partial charge in [-0.05, 0) is 24.3 Å². The lowest BCUT2D eigenvalue weighted by molar-refractivity contribution is -0.385. The van der Waals surface area contributed by atoms with Crippen LogP contribution in [-0.4, -0.2) is 21.8 Å². The molecule has 0 saturated carbocycles. The first-order valence-electron chi connectivity index (χ1n) is 8.61. The van der Waals surface area contributed by atoms with Crippen molar-refractivity contribution < 1.29 is 28.0 Å². The van der Waals surface area contributed by atoms with Crippen LogP contribution in [0.5, 0.6) is 5.75 Å². The highest BCUT2D eigenvalue weighted by atomic mass is 32.1. The molecule has 0 saturated heterocycles. The Hall–Kier alpha value is -3.99. The van der Waals surface area contributed by atoms with Gasteiger partial charge in [0.25, 0.3) is 0 Å². The number of esters is 1. The average Bonchev–Trinajstić information content (AvgIpc) is 3.16. The monoisotopic (exact) mass is 445 g/mol. The number of halogens is 2. The van der Waals surface area contributed by atoms with Crippen molar-refractivity contribution in [1.29, 1.82) is 0 Å². The molecule has 1 aromatic heterocycles. The molecule has 11 heteroatoms. The first kappa shape index (κ1) is 21.7. The number of hydrogen-bond acceptors (Lipinski definition) is 7. The summed E-state index contributed by atoms with van der Waals surface area (Å²) in [7, 11) is 0. The quantitative estimate of drug-likeness (QED) is 0.180. The van der Waals surface area contributed by atoms with Crippen molar-refractivity contribution >= 4 is 45.8 Å². The number of aromatic nitrogens is 1. The molecule has 0 bridgehead atoms. The summed E-state index contributed by atoms with van der Waals surface area (Å²) in [4.78, 5) is 39.5. The molecule has 0 fully saturated rings. The highest BCUT2D eigenvalue weighted by molar-refractivity contribution is 7.14. The second kappa shape index (κ2) is 9.22. The van der Waals surface area contributed by atoms with Crippen molar-refractivity contribution in [3.05, 3.63) is 81.4 Å². The van der Waals surface area contributed by atoms with Gasteiger partial charge < -0.3 is 4.74 Å². The Morgan fingerprint density at radius 2 is 1.97 bits per heavy atom. The molecule has 0 spiro atoms. The third kappa shape index (κ3) is 5.14. The van der Waals surface area contributed by atoms with E-state index in [0.29, 0.717) is 0 Å². The standard InChI is InChI=1S/C20H13F2N3O5S/c1-12(26)24(16-5-3-2-4-15(16)22)20-23-14(11-31-20)7-9-19(27)30-18-10-13(21)6-8-17(18)25(28)29/h2-11H,1H3/b9-7+. The molecule has 0 aliphatic carbocycles. The number of para-hydroxylation sites is 1. The number of nitrogens with zero attached hydrogens (tertiary/aromatic N) is 3. The number of benzene rings is 2. The Balaban J connectivity index is 1.78. The van der Waals surface area contributed by atoms with Gasteiger partial charge in [-0.3, -0.25) is 19.8 Å². The van der Waals surface area contributed by atoms with Crippen LogP contribution in [-0.2, 0) is 9.59 Å². The van der Waals surface area contributed by atoms with Crippen LogP contribution in [0.1, 0.15) is 12.6 Å². The number of nitro groups is 1. The first-order valence-corrected chi connectivity index (χ1v) is 9.49. The number of nitro benzene ring substituents is 1. The van der Waals surface area contributed by atoms with Crippen LogP contribution in [0.25, 0.3) is 6.08 Å². The molecular formula is C20H13F2N3O5S. The minimum absolute atomic E-state index is 0.0257. The predicted octanol–water partition coefficient (Wildman–Crippen LogP) is 4.63. The fourth-order valence-corrected chi connectivity index (χ4v) is 3.36. The van der Waals surface area contributed by atoms with Crippen molar-refractivity contribution in [1.82, 2.24) is 4.98 Å². The van der Waals surface area contributed by atoms with Crippen molar-refractivity contribution in [3.8, 4) is 5.75 Å². The molecule has 1 amide bonds. The Morgan fingerprint density at radius 3 is 2.65 bits per heavy atom. The zero-order chi connectivity index (χ0) is 22.5. The molecule has 158 valence electrons. The van der Waals surface area contributed by atoms with Gasteiger partial charge in [-0.1, -0.05) is 12.1 Å². The van der Waals surface area contributed by atoms with Crippen LogP contribution in [0.3, 0.4) is 0 Å². The van der Waals surface area contributed by atoms with Crippen LogP contribution in [0.2, 0.25) is 0 Å². The van der Waals surface area contributed by atoms with E-state index in [1.807, 2.05) is 0 Å². The highest BCUT2D eigenvalue weighted by Gasteiger charge is 2.21. The fourth-order valence-electron chi connectivity index (χ4n) is 2.51. The average molecular weight is 445 g/mol. The SMILES string of the molecule is CC(=O)N(c1nc(/C=C/C(=O)Oc2cc(F)ccc2[N+](=O)[O-])cs1)c1ccccc1F. The lowest BCUT2D eigenvalue weighted by Gasteiger charge is -2.18. The van der Waals surface area contributed by atoms with E-state index < -0.39 is 39.9 Å². The molecule has 1 heterocycles. The molecule has 8 nitrogen and oxygen atoms in total. The maximum absolute atomic E-state index is 14.1. The fraction of sp³-hybridized carbons (Fsp3) is 0.0500. The van der Waals surface area contributed by atoms with E-state index in [-0.39, 0.29) is 16.5 Å². The molecule has 3 rings (SSSR count). The third-order valence-corrected chi connectivity index (χ3v) is 4.67. The second-order valence-electron chi connectivity index (χ2n) is 5.98.